The van der Waals surface area contributed by atoms with Gasteiger partial charge in [0.1, 0.15) is 5.58 Å². The number of para-hydroxylation sites is 4. The maximum absolute atomic E-state index is 6.60. The van der Waals surface area contributed by atoms with E-state index in [-0.39, 0.29) is 0 Å². The van der Waals surface area contributed by atoms with Crippen LogP contribution in [0.3, 0.4) is 0 Å². The Morgan fingerprint density at radius 3 is 1.98 bits per heavy atom. The standard InChI is InChI=1S/C42H28N2O/c1-3-11-29(12-4-1)43-37-17-9-7-15-31(37)35-25-27(19-23-38(35)43)28-20-24-39-36(26-28)33-21-22-34-32-16-8-10-18-40(32)45-42(34)41(33)44(39)30-13-5-2-6-14-30/h1-19,21-23,25-26H,20,24H2. The van der Waals surface area contributed by atoms with E-state index in [1.807, 2.05) is 6.07 Å². The van der Waals surface area contributed by atoms with Gasteiger partial charge in [-0.3, -0.25) is 0 Å². The van der Waals surface area contributed by atoms with Crippen LogP contribution < -0.4 is 0 Å². The summed E-state index contributed by atoms with van der Waals surface area (Å²) in [7, 11) is 0. The van der Waals surface area contributed by atoms with Crippen LogP contribution in [0, 0.1) is 0 Å². The predicted octanol–water partition coefficient (Wildman–Crippen LogP) is 11.1. The van der Waals surface area contributed by atoms with Gasteiger partial charge in [0.05, 0.1) is 16.6 Å². The highest BCUT2D eigenvalue weighted by molar-refractivity contribution is 6.17. The van der Waals surface area contributed by atoms with Crippen molar-refractivity contribution < 1.29 is 4.42 Å². The molecule has 3 heteroatoms. The number of aromatic nitrogens is 2. The molecule has 0 unspecified atom stereocenters. The fourth-order valence-electron chi connectivity index (χ4n) is 7.65. The lowest BCUT2D eigenvalue weighted by molar-refractivity contribution is 0.670. The van der Waals surface area contributed by atoms with Crippen molar-refractivity contribution in [1.29, 1.82) is 0 Å². The molecule has 9 aromatic rings. The van der Waals surface area contributed by atoms with E-state index in [4.69, 9.17) is 4.42 Å². The highest BCUT2D eigenvalue weighted by Gasteiger charge is 2.25. The number of hydrogen-bond acceptors (Lipinski definition) is 1. The Morgan fingerprint density at radius 1 is 0.489 bits per heavy atom. The third kappa shape index (κ3) is 3.52. The minimum absolute atomic E-state index is 0.929. The number of allylic oxidation sites excluding steroid dienone is 1. The van der Waals surface area contributed by atoms with Crippen LogP contribution in [-0.4, -0.2) is 9.13 Å². The lowest BCUT2D eigenvalue weighted by atomic mass is 9.90. The zero-order chi connectivity index (χ0) is 29.5. The topological polar surface area (TPSA) is 23.0 Å². The van der Waals surface area contributed by atoms with Gasteiger partial charge in [0.15, 0.2) is 5.58 Å². The second-order valence-corrected chi connectivity index (χ2v) is 12.1. The molecule has 0 spiro atoms. The van der Waals surface area contributed by atoms with Crippen molar-refractivity contribution in [1.82, 2.24) is 9.13 Å². The summed E-state index contributed by atoms with van der Waals surface area (Å²) in [5, 5.41) is 6.12. The van der Waals surface area contributed by atoms with Crippen molar-refractivity contribution in [3.8, 4) is 11.4 Å². The van der Waals surface area contributed by atoms with Crippen molar-refractivity contribution in [3.63, 3.8) is 0 Å². The van der Waals surface area contributed by atoms with E-state index in [1.54, 1.807) is 0 Å². The van der Waals surface area contributed by atoms with Crippen molar-refractivity contribution in [2.24, 2.45) is 0 Å². The Morgan fingerprint density at radius 2 is 1.16 bits per heavy atom. The molecule has 1 aliphatic rings. The molecule has 0 saturated carbocycles. The summed E-state index contributed by atoms with van der Waals surface area (Å²) in [4.78, 5) is 0. The number of fused-ring (bicyclic) bond motifs is 10. The second kappa shape index (κ2) is 9.35. The lowest BCUT2D eigenvalue weighted by Crippen LogP contribution is -2.05. The maximum Gasteiger partial charge on any atom is 0.160 e. The number of hydrogen-bond donors (Lipinski definition) is 0. The van der Waals surface area contributed by atoms with Crippen LogP contribution in [0.25, 0.3) is 77.7 Å². The molecule has 0 aliphatic heterocycles. The van der Waals surface area contributed by atoms with E-state index in [0.717, 1.165) is 40.3 Å². The fraction of sp³-hybridized carbons (Fsp3) is 0.0476. The average molecular weight is 577 g/mol. The van der Waals surface area contributed by atoms with Crippen LogP contribution in [-0.2, 0) is 6.42 Å². The molecule has 3 aromatic heterocycles. The van der Waals surface area contributed by atoms with E-state index < -0.39 is 0 Å². The summed E-state index contributed by atoms with van der Waals surface area (Å²) in [6.07, 6.45) is 4.37. The summed E-state index contributed by atoms with van der Waals surface area (Å²) in [5.41, 5.74) is 13.2. The summed E-state index contributed by atoms with van der Waals surface area (Å²) < 4.78 is 11.4. The summed E-state index contributed by atoms with van der Waals surface area (Å²) in [6, 6.07) is 50.1. The van der Waals surface area contributed by atoms with Crippen LogP contribution >= 0.6 is 0 Å². The van der Waals surface area contributed by atoms with E-state index in [2.05, 4.69) is 149 Å². The monoisotopic (exact) mass is 576 g/mol. The molecule has 1 aliphatic carbocycles. The first-order chi connectivity index (χ1) is 22.3. The normalized spacial score (nSPS) is 13.3. The molecular weight excluding hydrogens is 548 g/mol. The van der Waals surface area contributed by atoms with E-state index in [9.17, 15) is 0 Å². The zero-order valence-electron chi connectivity index (χ0n) is 24.6. The largest absolute Gasteiger partial charge is 0.454 e. The molecule has 0 bridgehead atoms. The first-order valence-electron chi connectivity index (χ1n) is 15.7. The van der Waals surface area contributed by atoms with E-state index in [0.29, 0.717) is 0 Å². The van der Waals surface area contributed by atoms with Crippen molar-refractivity contribution in [2.75, 3.05) is 0 Å². The van der Waals surface area contributed by atoms with Gasteiger partial charge in [0, 0.05) is 49.6 Å². The summed E-state index contributed by atoms with van der Waals surface area (Å²) >= 11 is 0. The van der Waals surface area contributed by atoms with Crippen LogP contribution in [0.4, 0.5) is 0 Å². The van der Waals surface area contributed by atoms with Crippen molar-refractivity contribution >= 4 is 66.3 Å². The van der Waals surface area contributed by atoms with Gasteiger partial charge in [0.25, 0.3) is 0 Å². The van der Waals surface area contributed by atoms with Gasteiger partial charge in [-0.1, -0.05) is 84.9 Å². The molecule has 0 amide bonds. The van der Waals surface area contributed by atoms with Gasteiger partial charge >= 0.3 is 0 Å². The Labute approximate surface area is 259 Å². The first-order valence-corrected chi connectivity index (χ1v) is 15.7. The molecule has 0 atom stereocenters. The molecular formula is C42H28N2O. The van der Waals surface area contributed by atoms with Crippen molar-refractivity contribution in [3.05, 3.63) is 156 Å². The molecule has 3 nitrogen and oxygen atoms in total. The average Bonchev–Trinajstić information content (AvgIpc) is 3.76. The van der Waals surface area contributed by atoms with E-state index in [1.165, 1.54) is 61.0 Å². The Hall–Kier alpha value is -5.80. The predicted molar refractivity (Wildman–Crippen MR) is 188 cm³/mol. The summed E-state index contributed by atoms with van der Waals surface area (Å²) in [5.74, 6) is 0. The Kier molecular flexibility index (Phi) is 5.11. The molecule has 6 aromatic carbocycles. The van der Waals surface area contributed by atoms with Gasteiger partial charge in [-0.15, -0.1) is 0 Å². The first kappa shape index (κ1) is 24.6. The second-order valence-electron chi connectivity index (χ2n) is 12.1. The SMILES string of the molecule is C1=C(c2ccc3c(c2)c2ccccc2n3-c2ccccc2)CCc2c1c1ccc3c4ccccc4oc3c1n2-c1ccccc1. The van der Waals surface area contributed by atoms with Gasteiger partial charge in [0.2, 0.25) is 0 Å². The molecule has 0 N–H and O–H groups in total. The number of furan rings is 1. The highest BCUT2D eigenvalue weighted by atomic mass is 16.3. The molecule has 45 heavy (non-hydrogen) atoms. The number of benzene rings is 6. The number of nitrogens with zero attached hydrogens (tertiary/aromatic N) is 2. The molecule has 10 rings (SSSR count). The minimum atomic E-state index is 0.929. The fourth-order valence-corrected chi connectivity index (χ4v) is 7.65. The third-order valence-electron chi connectivity index (χ3n) is 9.64. The van der Waals surface area contributed by atoms with Crippen LogP contribution in [0.1, 0.15) is 23.2 Å². The molecule has 0 fully saturated rings. The maximum atomic E-state index is 6.60. The van der Waals surface area contributed by atoms with Crippen LogP contribution in [0.5, 0.6) is 0 Å². The van der Waals surface area contributed by atoms with E-state index >= 15 is 0 Å². The highest BCUT2D eigenvalue weighted by Crippen LogP contribution is 2.44. The van der Waals surface area contributed by atoms with Gasteiger partial charge < -0.3 is 13.6 Å². The zero-order valence-corrected chi connectivity index (χ0v) is 24.6. The number of rotatable bonds is 3. The molecule has 212 valence electrons. The van der Waals surface area contributed by atoms with Gasteiger partial charge in [-0.25, -0.2) is 0 Å². The van der Waals surface area contributed by atoms with Gasteiger partial charge in [-0.2, -0.15) is 0 Å². The Bertz CT molecular complexity index is 2630. The van der Waals surface area contributed by atoms with Gasteiger partial charge in [-0.05, 0) is 84.7 Å². The molecule has 3 heterocycles. The summed E-state index contributed by atoms with van der Waals surface area (Å²) in [6.45, 7) is 0. The third-order valence-corrected chi connectivity index (χ3v) is 9.64. The van der Waals surface area contributed by atoms with Crippen molar-refractivity contribution in [2.45, 2.75) is 12.8 Å². The molecule has 0 saturated heterocycles. The van der Waals surface area contributed by atoms with Crippen LogP contribution in [0.2, 0.25) is 0 Å². The minimum Gasteiger partial charge on any atom is -0.454 e. The van der Waals surface area contributed by atoms with Crippen LogP contribution in [0.15, 0.2) is 144 Å². The smallest absolute Gasteiger partial charge is 0.160 e. The lowest BCUT2D eigenvalue weighted by Gasteiger charge is -2.18. The molecule has 0 radical (unpaired) electrons. The quantitative estimate of drug-likeness (QED) is 0.205. The Balaban J connectivity index is 1.21.